The molecule has 0 saturated carbocycles. The molecule has 0 radical (unpaired) electrons. The molecule has 2 aliphatic heterocycles. The van der Waals surface area contributed by atoms with Crippen molar-refractivity contribution in [3.63, 3.8) is 0 Å². The van der Waals surface area contributed by atoms with Gasteiger partial charge in [0, 0.05) is 49.9 Å². The molecule has 3 amide bonds. The number of rotatable bonds is 5. The first-order chi connectivity index (χ1) is 15.4. The predicted molar refractivity (Wildman–Crippen MR) is 124 cm³/mol. The van der Waals surface area contributed by atoms with Crippen LogP contribution in [-0.2, 0) is 11.3 Å². The van der Waals surface area contributed by atoms with Crippen molar-refractivity contribution in [1.29, 1.82) is 0 Å². The Labute approximate surface area is 192 Å². The summed E-state index contributed by atoms with van der Waals surface area (Å²) in [6, 6.07) is 11.7. The standard InChI is InChI=1S/C24H26ClFN4O2/c1-27-24(32)28-22-12-18(25)6-4-17(22)5-11-23(31)30-20-9-10-21(30)15-29(14-20)13-16-2-7-19(26)8-3-16/h2-8,11-12,20-21H,9-10,13-15H2,1H3,(H2,27,28,32)/b11-5+. The van der Waals surface area contributed by atoms with Crippen LogP contribution in [0.5, 0.6) is 0 Å². The van der Waals surface area contributed by atoms with E-state index in [2.05, 4.69) is 15.5 Å². The van der Waals surface area contributed by atoms with E-state index in [0.29, 0.717) is 16.3 Å². The van der Waals surface area contributed by atoms with Gasteiger partial charge in [-0.05, 0) is 54.3 Å². The summed E-state index contributed by atoms with van der Waals surface area (Å²) in [6.07, 6.45) is 5.25. The molecule has 8 heteroatoms. The van der Waals surface area contributed by atoms with E-state index in [9.17, 15) is 14.0 Å². The van der Waals surface area contributed by atoms with Crippen LogP contribution in [0, 0.1) is 5.82 Å². The minimum absolute atomic E-state index is 0.0280. The lowest BCUT2D eigenvalue weighted by Gasteiger charge is -2.40. The highest BCUT2D eigenvalue weighted by atomic mass is 35.5. The number of hydrogen-bond acceptors (Lipinski definition) is 3. The molecule has 2 bridgehead atoms. The number of nitrogens with zero attached hydrogens (tertiary/aromatic N) is 2. The number of likely N-dealkylation sites (tertiary alicyclic amines) is 1. The molecular formula is C24H26ClFN4O2. The highest BCUT2D eigenvalue weighted by Crippen LogP contribution is 2.31. The van der Waals surface area contributed by atoms with Crippen LogP contribution in [0.15, 0.2) is 48.5 Å². The number of halogens is 2. The van der Waals surface area contributed by atoms with Gasteiger partial charge in [0.05, 0.1) is 5.69 Å². The van der Waals surface area contributed by atoms with Gasteiger partial charge in [0.25, 0.3) is 0 Å². The quantitative estimate of drug-likeness (QED) is 0.665. The minimum Gasteiger partial charge on any atom is -0.341 e. The van der Waals surface area contributed by atoms with Gasteiger partial charge in [-0.15, -0.1) is 0 Å². The summed E-state index contributed by atoms with van der Waals surface area (Å²) >= 11 is 6.06. The van der Waals surface area contributed by atoms with E-state index in [0.717, 1.165) is 38.0 Å². The molecule has 32 heavy (non-hydrogen) atoms. The molecule has 2 heterocycles. The Morgan fingerprint density at radius 3 is 2.47 bits per heavy atom. The van der Waals surface area contributed by atoms with Gasteiger partial charge in [-0.3, -0.25) is 9.69 Å². The Morgan fingerprint density at radius 2 is 1.81 bits per heavy atom. The van der Waals surface area contributed by atoms with Crippen molar-refractivity contribution in [1.82, 2.24) is 15.1 Å². The van der Waals surface area contributed by atoms with Crippen LogP contribution in [0.4, 0.5) is 14.9 Å². The van der Waals surface area contributed by atoms with Gasteiger partial charge in [-0.1, -0.05) is 29.8 Å². The molecule has 0 aliphatic carbocycles. The summed E-state index contributed by atoms with van der Waals surface area (Å²) in [5.74, 6) is -0.259. The van der Waals surface area contributed by atoms with Crippen LogP contribution in [0.3, 0.4) is 0 Å². The number of anilines is 1. The second-order valence-corrected chi connectivity index (χ2v) is 8.66. The molecule has 0 spiro atoms. The van der Waals surface area contributed by atoms with E-state index in [1.165, 1.54) is 19.2 Å². The first-order valence-electron chi connectivity index (χ1n) is 10.7. The highest BCUT2D eigenvalue weighted by Gasteiger charge is 2.41. The van der Waals surface area contributed by atoms with Gasteiger partial charge in [0.2, 0.25) is 5.91 Å². The number of amides is 3. The summed E-state index contributed by atoms with van der Waals surface area (Å²) < 4.78 is 13.2. The van der Waals surface area contributed by atoms with Crippen LogP contribution >= 0.6 is 11.6 Å². The number of benzene rings is 2. The Morgan fingerprint density at radius 1 is 1.12 bits per heavy atom. The zero-order valence-corrected chi connectivity index (χ0v) is 18.6. The Kier molecular flexibility index (Phi) is 6.77. The fourth-order valence-electron chi connectivity index (χ4n) is 4.54. The molecule has 2 N–H and O–H groups in total. The number of fused-ring (bicyclic) bond motifs is 2. The largest absolute Gasteiger partial charge is 0.341 e. The van der Waals surface area contributed by atoms with Gasteiger partial charge in [-0.25, -0.2) is 9.18 Å². The number of nitrogens with one attached hydrogen (secondary N) is 2. The highest BCUT2D eigenvalue weighted by molar-refractivity contribution is 6.31. The van der Waals surface area contributed by atoms with Crippen LogP contribution in [0.25, 0.3) is 6.08 Å². The molecule has 2 atom stereocenters. The summed E-state index contributed by atoms with van der Waals surface area (Å²) in [5, 5.41) is 5.73. The number of piperazine rings is 1. The van der Waals surface area contributed by atoms with Crippen LogP contribution in [0.2, 0.25) is 5.02 Å². The van der Waals surface area contributed by atoms with E-state index >= 15 is 0 Å². The van der Waals surface area contributed by atoms with Crippen LogP contribution < -0.4 is 10.6 Å². The predicted octanol–water partition coefficient (Wildman–Crippen LogP) is 4.12. The SMILES string of the molecule is CNC(=O)Nc1cc(Cl)ccc1/C=C/C(=O)N1C2CCC1CN(Cc1ccc(F)cc1)C2. The topological polar surface area (TPSA) is 64.7 Å². The summed E-state index contributed by atoms with van der Waals surface area (Å²) in [4.78, 5) is 29.1. The number of hydrogen-bond donors (Lipinski definition) is 2. The van der Waals surface area contributed by atoms with Crippen molar-refractivity contribution < 1.29 is 14.0 Å². The third-order valence-corrected chi connectivity index (χ3v) is 6.26. The molecule has 4 rings (SSSR count). The maximum atomic E-state index is 13.2. The van der Waals surface area contributed by atoms with Gasteiger partial charge in [-0.2, -0.15) is 0 Å². The summed E-state index contributed by atoms with van der Waals surface area (Å²) in [5.41, 5.74) is 2.31. The zero-order chi connectivity index (χ0) is 22.7. The molecular weight excluding hydrogens is 431 g/mol. The molecule has 0 aromatic heterocycles. The molecule has 168 valence electrons. The van der Waals surface area contributed by atoms with Crippen LogP contribution in [0.1, 0.15) is 24.0 Å². The summed E-state index contributed by atoms with van der Waals surface area (Å²) in [7, 11) is 1.53. The first-order valence-corrected chi connectivity index (χ1v) is 11.1. The van der Waals surface area contributed by atoms with E-state index in [4.69, 9.17) is 11.6 Å². The molecule has 2 unspecified atom stereocenters. The molecule has 2 fully saturated rings. The Balaban J connectivity index is 1.42. The lowest BCUT2D eigenvalue weighted by Crippen LogP contribution is -2.55. The average molecular weight is 457 g/mol. The van der Waals surface area contributed by atoms with Crippen LogP contribution in [-0.4, -0.2) is 54.0 Å². The number of carbonyl (C=O) groups excluding carboxylic acids is 2. The zero-order valence-electron chi connectivity index (χ0n) is 17.9. The van der Waals surface area contributed by atoms with Gasteiger partial charge in [0.1, 0.15) is 5.82 Å². The fraction of sp³-hybridized carbons (Fsp3) is 0.333. The van der Waals surface area contributed by atoms with E-state index < -0.39 is 0 Å². The second kappa shape index (κ2) is 9.71. The van der Waals surface area contributed by atoms with Crippen molar-refractivity contribution in [2.24, 2.45) is 0 Å². The van der Waals surface area contributed by atoms with Crippen molar-refractivity contribution in [3.05, 3.63) is 70.5 Å². The maximum Gasteiger partial charge on any atom is 0.318 e. The lowest BCUT2D eigenvalue weighted by molar-refractivity contribution is -0.131. The summed E-state index contributed by atoms with van der Waals surface area (Å²) in [6.45, 7) is 2.36. The molecule has 6 nitrogen and oxygen atoms in total. The minimum atomic E-state index is -0.358. The second-order valence-electron chi connectivity index (χ2n) is 8.22. The van der Waals surface area contributed by atoms with E-state index in [1.807, 2.05) is 17.0 Å². The third kappa shape index (κ3) is 5.11. The van der Waals surface area contributed by atoms with Crippen molar-refractivity contribution in [2.75, 3.05) is 25.5 Å². The number of carbonyl (C=O) groups is 2. The fourth-order valence-corrected chi connectivity index (χ4v) is 4.71. The van der Waals surface area contributed by atoms with Crippen molar-refractivity contribution in [3.8, 4) is 0 Å². The molecule has 2 aromatic rings. The van der Waals surface area contributed by atoms with E-state index in [-0.39, 0.29) is 29.8 Å². The molecule has 2 saturated heterocycles. The van der Waals surface area contributed by atoms with Crippen molar-refractivity contribution >= 4 is 35.3 Å². The molecule has 2 aliphatic rings. The normalized spacial score (nSPS) is 20.5. The first kappa shape index (κ1) is 22.3. The van der Waals surface area contributed by atoms with Gasteiger partial charge in [0.15, 0.2) is 0 Å². The lowest BCUT2D eigenvalue weighted by atomic mass is 10.1. The number of urea groups is 1. The monoisotopic (exact) mass is 456 g/mol. The Hall–Kier alpha value is -2.90. The average Bonchev–Trinajstić information content (AvgIpc) is 3.05. The third-order valence-electron chi connectivity index (χ3n) is 6.03. The smallest absolute Gasteiger partial charge is 0.318 e. The van der Waals surface area contributed by atoms with Gasteiger partial charge >= 0.3 is 6.03 Å². The van der Waals surface area contributed by atoms with Crippen molar-refractivity contribution in [2.45, 2.75) is 31.5 Å². The maximum absolute atomic E-state index is 13.2. The van der Waals surface area contributed by atoms with Gasteiger partial charge < -0.3 is 15.5 Å². The Bertz CT molecular complexity index is 1010. The van der Waals surface area contributed by atoms with E-state index in [1.54, 1.807) is 30.4 Å². The molecule has 2 aromatic carbocycles.